The number of guanidine groups is 1. The number of hydrogen-bond acceptors (Lipinski definition) is 4. The van der Waals surface area contributed by atoms with Crippen molar-refractivity contribution in [2.45, 2.75) is 19.7 Å². The van der Waals surface area contributed by atoms with Crippen LogP contribution in [-0.2, 0) is 13.1 Å². The molecule has 0 heterocycles. The minimum Gasteiger partial charge on any atom is -0.492 e. The van der Waals surface area contributed by atoms with Crippen LogP contribution in [0.3, 0.4) is 0 Å². The number of ether oxygens (including phenoxy) is 2. The molecular weight excluding hydrogens is 378 g/mol. The van der Waals surface area contributed by atoms with E-state index in [4.69, 9.17) is 4.74 Å². The number of rotatable bonds is 10. The predicted molar refractivity (Wildman–Crippen MR) is 111 cm³/mol. The van der Waals surface area contributed by atoms with E-state index in [0.29, 0.717) is 31.2 Å². The molecule has 8 heteroatoms. The smallest absolute Gasteiger partial charge is 0.387 e. The summed E-state index contributed by atoms with van der Waals surface area (Å²) in [6.07, 6.45) is 0. The second kappa shape index (κ2) is 11.9. The molecule has 0 unspecified atom stereocenters. The van der Waals surface area contributed by atoms with Crippen LogP contribution in [0.15, 0.2) is 53.5 Å². The molecule has 158 valence electrons. The lowest BCUT2D eigenvalue weighted by Gasteiger charge is -2.15. The number of aliphatic imine (C=N–C) groups is 1. The van der Waals surface area contributed by atoms with E-state index in [9.17, 15) is 8.78 Å². The van der Waals surface area contributed by atoms with E-state index >= 15 is 0 Å². The van der Waals surface area contributed by atoms with Crippen LogP contribution in [0.2, 0.25) is 0 Å². The molecule has 0 aliphatic rings. The molecule has 0 saturated heterocycles. The molecule has 0 aromatic heterocycles. The predicted octanol–water partition coefficient (Wildman–Crippen LogP) is 3.09. The van der Waals surface area contributed by atoms with Gasteiger partial charge in [-0.05, 0) is 37.9 Å². The minimum atomic E-state index is -2.86. The van der Waals surface area contributed by atoms with Gasteiger partial charge in [0.25, 0.3) is 0 Å². The molecule has 0 atom stereocenters. The Morgan fingerprint density at radius 2 is 1.83 bits per heavy atom. The zero-order chi connectivity index (χ0) is 21.1. The first-order valence-electron chi connectivity index (χ1n) is 9.31. The lowest BCUT2D eigenvalue weighted by Crippen LogP contribution is -2.36. The number of alkyl halides is 2. The second-order valence-corrected chi connectivity index (χ2v) is 6.56. The van der Waals surface area contributed by atoms with Crippen molar-refractivity contribution in [3.05, 3.63) is 59.7 Å². The van der Waals surface area contributed by atoms with Crippen LogP contribution in [0, 0.1) is 0 Å². The third-order valence-corrected chi connectivity index (χ3v) is 4.02. The van der Waals surface area contributed by atoms with Gasteiger partial charge in [0.05, 0.1) is 0 Å². The molecule has 0 saturated carbocycles. The van der Waals surface area contributed by atoms with Crippen molar-refractivity contribution in [2.24, 2.45) is 4.99 Å². The van der Waals surface area contributed by atoms with Crippen LogP contribution in [0.5, 0.6) is 11.5 Å². The van der Waals surface area contributed by atoms with Crippen LogP contribution < -0.4 is 20.1 Å². The summed E-state index contributed by atoms with van der Waals surface area (Å²) in [5.74, 6) is 1.51. The van der Waals surface area contributed by atoms with Gasteiger partial charge < -0.3 is 25.0 Å². The maximum Gasteiger partial charge on any atom is 0.387 e. The lowest BCUT2D eigenvalue weighted by molar-refractivity contribution is -0.0504. The van der Waals surface area contributed by atoms with E-state index < -0.39 is 6.61 Å². The van der Waals surface area contributed by atoms with Crippen LogP contribution in [0.25, 0.3) is 0 Å². The molecule has 6 nitrogen and oxygen atoms in total. The summed E-state index contributed by atoms with van der Waals surface area (Å²) in [6, 6.07) is 14.5. The zero-order valence-corrected chi connectivity index (χ0v) is 17.0. The largest absolute Gasteiger partial charge is 0.492 e. The molecule has 0 aliphatic heterocycles. The van der Waals surface area contributed by atoms with E-state index in [1.165, 1.54) is 6.07 Å². The number of nitrogens with zero attached hydrogens (tertiary/aromatic N) is 2. The van der Waals surface area contributed by atoms with Crippen LogP contribution in [0.1, 0.15) is 11.1 Å². The molecule has 29 heavy (non-hydrogen) atoms. The first-order valence-corrected chi connectivity index (χ1v) is 9.31. The van der Waals surface area contributed by atoms with E-state index in [0.717, 1.165) is 17.9 Å². The molecule has 0 radical (unpaired) electrons. The Morgan fingerprint density at radius 3 is 2.55 bits per heavy atom. The van der Waals surface area contributed by atoms with Crippen molar-refractivity contribution in [3.63, 3.8) is 0 Å². The summed E-state index contributed by atoms with van der Waals surface area (Å²) in [4.78, 5) is 6.23. The normalized spacial score (nSPS) is 11.6. The fourth-order valence-electron chi connectivity index (χ4n) is 2.54. The van der Waals surface area contributed by atoms with Gasteiger partial charge >= 0.3 is 6.61 Å². The van der Waals surface area contributed by atoms with Gasteiger partial charge in [-0.1, -0.05) is 30.3 Å². The van der Waals surface area contributed by atoms with E-state index in [1.54, 1.807) is 25.2 Å². The highest BCUT2D eigenvalue weighted by molar-refractivity contribution is 5.79. The van der Waals surface area contributed by atoms with Gasteiger partial charge in [-0.15, -0.1) is 0 Å². The van der Waals surface area contributed by atoms with Crippen LogP contribution >= 0.6 is 0 Å². The van der Waals surface area contributed by atoms with Crippen molar-refractivity contribution in [2.75, 3.05) is 34.3 Å². The summed E-state index contributed by atoms with van der Waals surface area (Å²) in [7, 11) is 5.65. The summed E-state index contributed by atoms with van der Waals surface area (Å²) < 4.78 is 35.4. The fraction of sp³-hybridized carbons (Fsp3) is 0.381. The first-order chi connectivity index (χ1) is 14.0. The first kappa shape index (κ1) is 22.4. The maximum atomic E-state index is 12.5. The van der Waals surface area contributed by atoms with Gasteiger partial charge in [0.15, 0.2) is 5.96 Å². The fourth-order valence-corrected chi connectivity index (χ4v) is 2.54. The molecule has 0 aliphatic carbocycles. The second-order valence-electron chi connectivity index (χ2n) is 6.56. The number of likely N-dealkylation sites (N-methyl/N-ethyl adjacent to an activating group) is 1. The topological polar surface area (TPSA) is 58.1 Å². The van der Waals surface area contributed by atoms with Crippen molar-refractivity contribution in [1.29, 1.82) is 0 Å². The quantitative estimate of drug-likeness (QED) is 0.469. The zero-order valence-electron chi connectivity index (χ0n) is 17.0. The van der Waals surface area contributed by atoms with Gasteiger partial charge in [0, 0.05) is 32.2 Å². The standard InChI is InChI=1S/C21H28F2N4O2/c1-24-21(26-15-17-8-4-5-10-19(17)29-20(22)23)25-14-16-7-6-9-18(13-16)28-12-11-27(2)3/h4-10,13,20H,11-12,14-15H2,1-3H3,(H2,24,25,26). The van der Waals surface area contributed by atoms with Crippen molar-refractivity contribution < 1.29 is 18.3 Å². The highest BCUT2D eigenvalue weighted by Gasteiger charge is 2.09. The number of hydrogen-bond donors (Lipinski definition) is 2. The number of nitrogens with one attached hydrogen (secondary N) is 2. The summed E-state index contributed by atoms with van der Waals surface area (Å²) in [5.41, 5.74) is 1.66. The van der Waals surface area contributed by atoms with Crippen molar-refractivity contribution in [1.82, 2.24) is 15.5 Å². The molecule has 2 N–H and O–H groups in total. The SMILES string of the molecule is CN=C(NCc1cccc(OCCN(C)C)c1)NCc1ccccc1OC(F)F. The summed E-state index contributed by atoms with van der Waals surface area (Å²) in [6.45, 7) is -0.556. The Hall–Kier alpha value is -2.87. The Balaban J connectivity index is 1.87. The Morgan fingerprint density at radius 1 is 1.07 bits per heavy atom. The Bertz CT molecular complexity index is 785. The number of para-hydroxylation sites is 1. The van der Waals surface area contributed by atoms with E-state index in [1.807, 2.05) is 38.4 Å². The lowest BCUT2D eigenvalue weighted by atomic mass is 10.2. The Kier molecular flexibility index (Phi) is 9.17. The van der Waals surface area contributed by atoms with Crippen molar-refractivity contribution in [3.8, 4) is 11.5 Å². The van der Waals surface area contributed by atoms with Gasteiger partial charge in [-0.3, -0.25) is 4.99 Å². The summed E-state index contributed by atoms with van der Waals surface area (Å²) in [5, 5.41) is 6.31. The molecule has 0 fully saturated rings. The highest BCUT2D eigenvalue weighted by Crippen LogP contribution is 2.20. The molecule has 0 bridgehead atoms. The average Bonchev–Trinajstić information content (AvgIpc) is 2.69. The number of benzene rings is 2. The maximum absolute atomic E-state index is 12.5. The highest BCUT2D eigenvalue weighted by atomic mass is 19.3. The van der Waals surface area contributed by atoms with Crippen LogP contribution in [0.4, 0.5) is 8.78 Å². The molecular formula is C21H28F2N4O2. The van der Waals surface area contributed by atoms with Gasteiger partial charge in [-0.25, -0.2) is 0 Å². The third kappa shape index (κ3) is 8.35. The molecule has 0 amide bonds. The molecule has 2 aromatic rings. The molecule has 2 aromatic carbocycles. The van der Waals surface area contributed by atoms with Gasteiger partial charge in [0.1, 0.15) is 18.1 Å². The molecule has 2 rings (SSSR count). The number of halogens is 2. The monoisotopic (exact) mass is 406 g/mol. The van der Waals surface area contributed by atoms with Crippen LogP contribution in [-0.4, -0.2) is 51.8 Å². The van der Waals surface area contributed by atoms with Gasteiger partial charge in [-0.2, -0.15) is 8.78 Å². The van der Waals surface area contributed by atoms with E-state index in [2.05, 4.69) is 25.3 Å². The van der Waals surface area contributed by atoms with E-state index in [-0.39, 0.29) is 5.75 Å². The molecule has 0 spiro atoms. The van der Waals surface area contributed by atoms with Gasteiger partial charge in [0.2, 0.25) is 0 Å². The van der Waals surface area contributed by atoms with Crippen molar-refractivity contribution >= 4 is 5.96 Å². The third-order valence-electron chi connectivity index (χ3n) is 4.02. The summed E-state index contributed by atoms with van der Waals surface area (Å²) >= 11 is 0. The Labute approximate surface area is 170 Å². The minimum absolute atomic E-state index is 0.146. The average molecular weight is 406 g/mol.